The van der Waals surface area contributed by atoms with Gasteiger partial charge in [0.2, 0.25) is 0 Å². The Morgan fingerprint density at radius 2 is 1.84 bits per heavy atom. The average Bonchev–Trinajstić information content (AvgIpc) is 3.08. The zero-order chi connectivity index (χ0) is 13.2. The van der Waals surface area contributed by atoms with Crippen LogP contribution in [0, 0.1) is 0 Å². The van der Waals surface area contributed by atoms with Crippen molar-refractivity contribution in [3.8, 4) is 0 Å². The Morgan fingerprint density at radius 1 is 1.11 bits per heavy atom. The first-order chi connectivity index (χ1) is 9.25. The molecule has 0 saturated carbocycles. The Labute approximate surface area is 110 Å². The molecule has 1 aromatic heterocycles. The lowest BCUT2D eigenvalue weighted by Crippen LogP contribution is -2.09. The van der Waals surface area contributed by atoms with Gasteiger partial charge in [0.05, 0.1) is 0 Å². The molecular formula is C14H15F2N3. The van der Waals surface area contributed by atoms with Gasteiger partial charge in [-0.1, -0.05) is 30.3 Å². The van der Waals surface area contributed by atoms with Crippen molar-refractivity contribution in [1.29, 1.82) is 0 Å². The maximum Gasteiger partial charge on any atom is 0.282 e. The highest BCUT2D eigenvalue weighted by Crippen LogP contribution is 2.35. The maximum atomic E-state index is 12.6. The highest BCUT2D eigenvalue weighted by molar-refractivity contribution is 5.28. The first-order valence-corrected chi connectivity index (χ1v) is 6.34. The summed E-state index contributed by atoms with van der Waals surface area (Å²) >= 11 is 0. The van der Waals surface area contributed by atoms with Crippen molar-refractivity contribution < 1.29 is 8.78 Å². The molecule has 1 fully saturated rings. The number of hydrogen-bond acceptors (Lipinski definition) is 2. The summed E-state index contributed by atoms with van der Waals surface area (Å²) in [5.41, 5.74) is 1.84. The number of halogens is 2. The second-order valence-corrected chi connectivity index (χ2v) is 4.83. The molecule has 1 aliphatic rings. The van der Waals surface area contributed by atoms with Gasteiger partial charge in [-0.05, 0) is 11.6 Å². The van der Waals surface area contributed by atoms with Crippen molar-refractivity contribution in [2.45, 2.75) is 18.3 Å². The fourth-order valence-electron chi connectivity index (χ4n) is 2.71. The van der Waals surface area contributed by atoms with E-state index in [0.29, 0.717) is 5.92 Å². The zero-order valence-electron chi connectivity index (χ0n) is 10.3. The molecule has 3 nitrogen and oxygen atoms in total. The highest BCUT2D eigenvalue weighted by Gasteiger charge is 2.31. The molecule has 0 spiro atoms. The van der Waals surface area contributed by atoms with Gasteiger partial charge in [0, 0.05) is 30.6 Å². The van der Waals surface area contributed by atoms with Crippen LogP contribution < -0.4 is 5.32 Å². The minimum Gasteiger partial charge on any atom is -0.315 e. The largest absolute Gasteiger partial charge is 0.315 e. The summed E-state index contributed by atoms with van der Waals surface area (Å²) in [4.78, 5) is 0. The van der Waals surface area contributed by atoms with Crippen LogP contribution in [0.25, 0.3) is 0 Å². The Morgan fingerprint density at radius 3 is 2.53 bits per heavy atom. The summed E-state index contributed by atoms with van der Waals surface area (Å²) in [6.45, 7) is 1.64. The van der Waals surface area contributed by atoms with E-state index in [4.69, 9.17) is 0 Å². The fraction of sp³-hybridized carbons (Fsp3) is 0.357. The number of hydrogen-bond donors (Lipinski definition) is 2. The molecule has 1 saturated heterocycles. The highest BCUT2D eigenvalue weighted by atomic mass is 19.3. The lowest BCUT2D eigenvalue weighted by molar-refractivity contribution is 0.146. The van der Waals surface area contributed by atoms with Gasteiger partial charge in [-0.15, -0.1) is 0 Å². The Kier molecular flexibility index (Phi) is 3.29. The van der Waals surface area contributed by atoms with Crippen LogP contribution in [-0.2, 0) is 0 Å². The van der Waals surface area contributed by atoms with Crippen molar-refractivity contribution in [3.63, 3.8) is 0 Å². The van der Waals surface area contributed by atoms with Crippen LogP contribution in [0.3, 0.4) is 0 Å². The summed E-state index contributed by atoms with van der Waals surface area (Å²) in [6, 6.07) is 11.6. The molecule has 2 heterocycles. The van der Waals surface area contributed by atoms with E-state index in [9.17, 15) is 8.78 Å². The Bertz CT molecular complexity index is 539. The molecule has 2 N–H and O–H groups in total. The van der Waals surface area contributed by atoms with E-state index in [2.05, 4.69) is 27.6 Å². The van der Waals surface area contributed by atoms with Crippen molar-refractivity contribution >= 4 is 0 Å². The number of rotatable bonds is 3. The van der Waals surface area contributed by atoms with Crippen molar-refractivity contribution in [2.24, 2.45) is 0 Å². The number of alkyl halides is 2. The van der Waals surface area contributed by atoms with Gasteiger partial charge in [-0.3, -0.25) is 5.10 Å². The third kappa shape index (κ3) is 2.38. The molecule has 3 rings (SSSR count). The van der Waals surface area contributed by atoms with Crippen molar-refractivity contribution in [2.75, 3.05) is 13.1 Å². The lowest BCUT2D eigenvalue weighted by Gasteiger charge is -2.17. The Balaban J connectivity index is 1.86. The second-order valence-electron chi connectivity index (χ2n) is 4.83. The average molecular weight is 263 g/mol. The number of H-pyrrole nitrogens is 1. The van der Waals surface area contributed by atoms with E-state index in [0.717, 1.165) is 18.8 Å². The topological polar surface area (TPSA) is 40.7 Å². The van der Waals surface area contributed by atoms with Crippen LogP contribution in [-0.4, -0.2) is 23.3 Å². The van der Waals surface area contributed by atoms with Gasteiger partial charge < -0.3 is 5.32 Å². The zero-order valence-corrected chi connectivity index (χ0v) is 10.3. The van der Waals surface area contributed by atoms with Crippen molar-refractivity contribution in [3.05, 3.63) is 53.3 Å². The van der Waals surface area contributed by atoms with Crippen LogP contribution in [0.5, 0.6) is 0 Å². The summed E-state index contributed by atoms with van der Waals surface area (Å²) in [7, 11) is 0. The van der Waals surface area contributed by atoms with E-state index in [1.54, 1.807) is 0 Å². The van der Waals surface area contributed by atoms with Gasteiger partial charge in [0.1, 0.15) is 5.69 Å². The Hall–Kier alpha value is -1.75. The predicted octanol–water partition coefficient (Wildman–Crippen LogP) is 2.82. The SMILES string of the molecule is FC(F)c1cc([C@@H]2CNC[C@H]2c2ccccc2)[nH]n1. The van der Waals surface area contributed by atoms with E-state index < -0.39 is 6.43 Å². The smallest absolute Gasteiger partial charge is 0.282 e. The van der Waals surface area contributed by atoms with Crippen LogP contribution in [0.2, 0.25) is 0 Å². The molecule has 2 atom stereocenters. The lowest BCUT2D eigenvalue weighted by atomic mass is 9.87. The fourth-order valence-corrected chi connectivity index (χ4v) is 2.71. The molecular weight excluding hydrogens is 248 g/mol. The third-order valence-corrected chi connectivity index (χ3v) is 3.68. The predicted molar refractivity (Wildman–Crippen MR) is 68.3 cm³/mol. The molecule has 0 aliphatic carbocycles. The first-order valence-electron chi connectivity index (χ1n) is 6.34. The molecule has 100 valence electrons. The van der Waals surface area contributed by atoms with Gasteiger partial charge in [-0.25, -0.2) is 8.78 Å². The molecule has 19 heavy (non-hydrogen) atoms. The summed E-state index contributed by atoms with van der Waals surface area (Å²) in [6.07, 6.45) is -2.52. The number of benzene rings is 1. The van der Waals surface area contributed by atoms with Crippen molar-refractivity contribution in [1.82, 2.24) is 15.5 Å². The number of nitrogens with one attached hydrogen (secondary N) is 2. The van der Waals surface area contributed by atoms with Crippen LogP contribution in [0.4, 0.5) is 8.78 Å². The maximum absolute atomic E-state index is 12.6. The first kappa shape index (κ1) is 12.3. The third-order valence-electron chi connectivity index (χ3n) is 3.68. The van der Waals surface area contributed by atoms with E-state index in [-0.39, 0.29) is 11.6 Å². The number of nitrogens with zero attached hydrogens (tertiary/aromatic N) is 1. The molecule has 0 amide bonds. The van der Waals surface area contributed by atoms with Gasteiger partial charge in [0.15, 0.2) is 0 Å². The van der Waals surface area contributed by atoms with Crippen LogP contribution in [0.1, 0.15) is 35.2 Å². The molecule has 0 radical (unpaired) electrons. The number of aromatic nitrogens is 2. The van der Waals surface area contributed by atoms with E-state index >= 15 is 0 Å². The summed E-state index contributed by atoms with van der Waals surface area (Å²) in [5.74, 6) is 0.467. The normalized spacial score (nSPS) is 23.1. The van der Waals surface area contributed by atoms with E-state index in [1.807, 2.05) is 18.2 Å². The summed E-state index contributed by atoms with van der Waals surface area (Å²) < 4.78 is 25.2. The monoisotopic (exact) mass is 263 g/mol. The minimum atomic E-state index is -2.52. The second kappa shape index (κ2) is 5.09. The standard InChI is InChI=1S/C14H15F2N3/c15-14(16)13-6-12(18-19-13)11-8-17-7-10(11)9-4-2-1-3-5-9/h1-6,10-11,14,17H,7-8H2,(H,18,19)/t10-,11+/m0/s1. The van der Waals surface area contributed by atoms with E-state index in [1.165, 1.54) is 11.6 Å². The molecule has 1 aliphatic heterocycles. The molecule has 2 aromatic rings. The number of aromatic amines is 1. The molecule has 5 heteroatoms. The summed E-state index contributed by atoms with van der Waals surface area (Å²) in [5, 5.41) is 9.77. The molecule has 1 aromatic carbocycles. The molecule has 0 bridgehead atoms. The van der Waals surface area contributed by atoms with Gasteiger partial charge in [0.25, 0.3) is 6.43 Å². The minimum absolute atomic E-state index is 0.169. The van der Waals surface area contributed by atoms with Crippen LogP contribution >= 0.6 is 0 Å². The van der Waals surface area contributed by atoms with Crippen LogP contribution in [0.15, 0.2) is 36.4 Å². The van der Waals surface area contributed by atoms with Gasteiger partial charge >= 0.3 is 0 Å². The quantitative estimate of drug-likeness (QED) is 0.894. The van der Waals surface area contributed by atoms with Gasteiger partial charge in [-0.2, -0.15) is 5.10 Å². The molecule has 0 unspecified atom stereocenters.